The molecule has 1 aliphatic heterocycles. The van der Waals surface area contributed by atoms with Crippen LogP contribution in [-0.2, 0) is 20.6 Å². The Labute approximate surface area is 161 Å². The molecular formula is C24H28O3. The Morgan fingerprint density at radius 3 is 1.67 bits per heavy atom. The van der Waals surface area contributed by atoms with E-state index in [-0.39, 0.29) is 0 Å². The second-order valence-electron chi connectivity index (χ2n) is 7.28. The summed E-state index contributed by atoms with van der Waals surface area (Å²) in [7, 11) is 0. The first-order chi connectivity index (χ1) is 13.4. The van der Waals surface area contributed by atoms with Crippen molar-refractivity contribution >= 4 is 21.5 Å². The second-order valence-corrected chi connectivity index (χ2v) is 7.28. The van der Waals surface area contributed by atoms with Gasteiger partial charge in [0, 0.05) is 13.2 Å². The first-order valence-electron chi connectivity index (χ1n) is 10.0. The monoisotopic (exact) mass is 364 g/mol. The summed E-state index contributed by atoms with van der Waals surface area (Å²) in [5.41, 5.74) is 1.46. The average Bonchev–Trinajstić information content (AvgIpc) is 2.69. The van der Waals surface area contributed by atoms with E-state index in [1.54, 1.807) is 0 Å². The second kappa shape index (κ2) is 9.32. The van der Waals surface area contributed by atoms with Gasteiger partial charge < -0.3 is 14.2 Å². The zero-order chi connectivity index (χ0) is 18.3. The molecule has 1 fully saturated rings. The van der Waals surface area contributed by atoms with Gasteiger partial charge in [0.1, 0.15) is 0 Å². The van der Waals surface area contributed by atoms with E-state index >= 15 is 0 Å². The fraction of sp³-hybridized carbons (Fsp3) is 0.417. The van der Waals surface area contributed by atoms with Crippen molar-refractivity contribution in [2.45, 2.75) is 19.3 Å². The van der Waals surface area contributed by atoms with Crippen LogP contribution in [0.4, 0.5) is 0 Å². The third-order valence-corrected chi connectivity index (χ3v) is 5.46. The molecule has 1 aliphatic rings. The van der Waals surface area contributed by atoms with Crippen LogP contribution in [0.2, 0.25) is 0 Å². The summed E-state index contributed by atoms with van der Waals surface area (Å²) in [6.45, 7) is 4.23. The van der Waals surface area contributed by atoms with Crippen molar-refractivity contribution in [2.24, 2.45) is 5.92 Å². The molecule has 3 aromatic rings. The molecule has 0 aliphatic carbocycles. The van der Waals surface area contributed by atoms with Gasteiger partial charge >= 0.3 is 0 Å². The van der Waals surface area contributed by atoms with E-state index in [4.69, 9.17) is 14.2 Å². The maximum atomic E-state index is 5.78. The molecule has 142 valence electrons. The predicted molar refractivity (Wildman–Crippen MR) is 110 cm³/mol. The van der Waals surface area contributed by atoms with Gasteiger partial charge in [0.15, 0.2) is 0 Å². The minimum Gasteiger partial charge on any atom is -0.379 e. The minimum atomic E-state index is 0.555. The minimum absolute atomic E-state index is 0.555. The third kappa shape index (κ3) is 4.67. The molecule has 3 heteroatoms. The van der Waals surface area contributed by atoms with E-state index < -0.39 is 0 Å². The summed E-state index contributed by atoms with van der Waals surface area (Å²) >= 11 is 0. The Balaban J connectivity index is 1.62. The smallest absolute Gasteiger partial charge is 0.0701 e. The highest BCUT2D eigenvalue weighted by Gasteiger charge is 2.15. The van der Waals surface area contributed by atoms with Crippen LogP contribution in [0.5, 0.6) is 0 Å². The molecule has 0 bridgehead atoms. The van der Waals surface area contributed by atoms with Gasteiger partial charge in [-0.25, -0.2) is 0 Å². The van der Waals surface area contributed by atoms with Crippen molar-refractivity contribution < 1.29 is 14.2 Å². The van der Waals surface area contributed by atoms with Crippen molar-refractivity contribution in [1.29, 1.82) is 0 Å². The predicted octanol–water partition coefficient (Wildman–Crippen LogP) is 5.00. The molecule has 27 heavy (non-hydrogen) atoms. The summed E-state index contributed by atoms with van der Waals surface area (Å²) in [6, 6.07) is 19.8. The molecule has 0 N–H and O–H groups in total. The molecule has 0 saturated carbocycles. The molecule has 3 aromatic carbocycles. The fourth-order valence-electron chi connectivity index (χ4n) is 4.01. The van der Waals surface area contributed by atoms with Gasteiger partial charge in [-0.1, -0.05) is 48.5 Å². The Morgan fingerprint density at radius 1 is 0.630 bits per heavy atom. The molecule has 4 rings (SSSR count). The number of ether oxygens (including phenoxy) is 3. The first-order valence-corrected chi connectivity index (χ1v) is 10.0. The quantitative estimate of drug-likeness (QED) is 0.599. The molecule has 0 atom stereocenters. The van der Waals surface area contributed by atoms with Gasteiger partial charge in [0.05, 0.1) is 26.4 Å². The zero-order valence-electron chi connectivity index (χ0n) is 15.9. The SMILES string of the molecule is c1ccc2c(CC3CCOCCOCCOCC3)c3ccccc3cc2c1. The average molecular weight is 364 g/mol. The number of benzene rings is 3. The normalized spacial score (nSPS) is 18.2. The lowest BCUT2D eigenvalue weighted by molar-refractivity contribution is 0.000732. The zero-order valence-corrected chi connectivity index (χ0v) is 15.9. The van der Waals surface area contributed by atoms with Gasteiger partial charge in [0.2, 0.25) is 0 Å². The van der Waals surface area contributed by atoms with Crippen LogP contribution in [0.15, 0.2) is 54.6 Å². The van der Waals surface area contributed by atoms with E-state index in [9.17, 15) is 0 Å². The van der Waals surface area contributed by atoms with Crippen LogP contribution in [0.3, 0.4) is 0 Å². The summed E-state index contributed by atoms with van der Waals surface area (Å²) in [4.78, 5) is 0. The van der Waals surface area contributed by atoms with Crippen LogP contribution in [-0.4, -0.2) is 39.6 Å². The van der Waals surface area contributed by atoms with Gasteiger partial charge in [-0.3, -0.25) is 0 Å². The largest absolute Gasteiger partial charge is 0.379 e. The summed E-state index contributed by atoms with van der Waals surface area (Å²) < 4.78 is 17.0. The number of fused-ring (bicyclic) bond motifs is 2. The molecule has 3 nitrogen and oxygen atoms in total. The highest BCUT2D eigenvalue weighted by atomic mass is 16.5. The number of hydrogen-bond acceptors (Lipinski definition) is 3. The van der Waals surface area contributed by atoms with Crippen LogP contribution in [0.25, 0.3) is 21.5 Å². The van der Waals surface area contributed by atoms with E-state index in [2.05, 4.69) is 54.6 Å². The maximum absolute atomic E-state index is 5.78. The lowest BCUT2D eigenvalue weighted by Gasteiger charge is -2.21. The molecule has 0 radical (unpaired) electrons. The summed E-state index contributed by atoms with van der Waals surface area (Å²) in [5, 5.41) is 5.39. The number of hydrogen-bond donors (Lipinski definition) is 0. The molecule has 0 spiro atoms. The highest BCUT2D eigenvalue weighted by Crippen LogP contribution is 2.31. The van der Waals surface area contributed by atoms with Crippen LogP contribution >= 0.6 is 0 Å². The van der Waals surface area contributed by atoms with Crippen molar-refractivity contribution in [3.63, 3.8) is 0 Å². The van der Waals surface area contributed by atoms with Crippen molar-refractivity contribution in [3.05, 3.63) is 60.2 Å². The molecule has 0 aromatic heterocycles. The van der Waals surface area contributed by atoms with Crippen LogP contribution < -0.4 is 0 Å². The summed E-state index contributed by atoms with van der Waals surface area (Å²) in [6.07, 6.45) is 3.17. The maximum Gasteiger partial charge on any atom is 0.0701 e. The van der Waals surface area contributed by atoms with Crippen molar-refractivity contribution in [3.8, 4) is 0 Å². The van der Waals surface area contributed by atoms with E-state index in [1.165, 1.54) is 27.1 Å². The highest BCUT2D eigenvalue weighted by molar-refractivity contribution is 6.02. The standard InChI is InChI=1S/C24H28O3/c1-3-7-22-20(5-1)18-21-6-2-4-8-23(21)24(22)17-19-9-11-25-13-15-27-16-14-26-12-10-19/h1-8,18-19H,9-17H2. The van der Waals surface area contributed by atoms with E-state index in [0.29, 0.717) is 32.3 Å². The molecular weight excluding hydrogens is 336 g/mol. The van der Waals surface area contributed by atoms with Crippen molar-refractivity contribution in [1.82, 2.24) is 0 Å². The van der Waals surface area contributed by atoms with E-state index in [0.717, 1.165) is 32.5 Å². The summed E-state index contributed by atoms with van der Waals surface area (Å²) in [5.74, 6) is 0.555. The topological polar surface area (TPSA) is 27.7 Å². The Morgan fingerprint density at radius 2 is 1.11 bits per heavy atom. The van der Waals surface area contributed by atoms with Crippen LogP contribution in [0, 0.1) is 5.92 Å². The molecule has 1 saturated heterocycles. The van der Waals surface area contributed by atoms with Crippen LogP contribution in [0.1, 0.15) is 18.4 Å². The molecule has 0 unspecified atom stereocenters. The third-order valence-electron chi connectivity index (χ3n) is 5.46. The fourth-order valence-corrected chi connectivity index (χ4v) is 4.01. The number of rotatable bonds is 2. The van der Waals surface area contributed by atoms with E-state index in [1.807, 2.05) is 0 Å². The van der Waals surface area contributed by atoms with Gasteiger partial charge in [0.25, 0.3) is 0 Å². The van der Waals surface area contributed by atoms with Gasteiger partial charge in [-0.2, -0.15) is 0 Å². The lowest BCUT2D eigenvalue weighted by atomic mass is 9.87. The van der Waals surface area contributed by atoms with Gasteiger partial charge in [-0.15, -0.1) is 0 Å². The Kier molecular flexibility index (Phi) is 6.36. The molecule has 1 heterocycles. The lowest BCUT2D eigenvalue weighted by Crippen LogP contribution is -2.17. The Bertz CT molecular complexity index is 808. The molecule has 0 amide bonds. The Hall–Kier alpha value is -1.94. The van der Waals surface area contributed by atoms with Gasteiger partial charge in [-0.05, 0) is 58.4 Å². The van der Waals surface area contributed by atoms with Crippen molar-refractivity contribution in [2.75, 3.05) is 39.6 Å². The first kappa shape index (κ1) is 18.4.